The number of hydrogen-bond acceptors (Lipinski definition) is 3. The van der Waals surface area contributed by atoms with Crippen molar-refractivity contribution in [3.8, 4) is 0 Å². The molecular formula is C15H12ClF3N2OS. The molecule has 0 radical (unpaired) electrons. The Bertz CT molecular complexity index is 705. The largest absolute Gasteiger partial charge is 0.416 e. The first-order chi connectivity index (χ1) is 10.8. The topological polar surface area (TPSA) is 55.1 Å². The summed E-state index contributed by atoms with van der Waals surface area (Å²) in [6.07, 6.45) is -4.50. The number of nitrogen functional groups attached to an aromatic ring is 1. The van der Waals surface area contributed by atoms with Crippen LogP contribution in [0.2, 0.25) is 5.02 Å². The highest BCUT2D eigenvalue weighted by atomic mass is 35.5. The predicted molar refractivity (Wildman–Crippen MR) is 86.7 cm³/mol. The number of halogens is 4. The van der Waals surface area contributed by atoms with Gasteiger partial charge in [-0.2, -0.15) is 13.2 Å². The summed E-state index contributed by atoms with van der Waals surface area (Å²) >= 11 is 7.06. The molecule has 0 heterocycles. The molecule has 1 amide bonds. The Labute approximate surface area is 140 Å². The van der Waals surface area contributed by atoms with Crippen molar-refractivity contribution in [1.29, 1.82) is 0 Å². The van der Waals surface area contributed by atoms with E-state index in [9.17, 15) is 18.0 Å². The van der Waals surface area contributed by atoms with Gasteiger partial charge in [0.05, 0.1) is 22.0 Å². The Balaban J connectivity index is 2.01. The maximum Gasteiger partial charge on any atom is 0.416 e. The second-order valence-electron chi connectivity index (χ2n) is 4.60. The molecule has 0 unspecified atom stereocenters. The number of benzene rings is 2. The molecule has 0 fully saturated rings. The highest BCUT2D eigenvalue weighted by molar-refractivity contribution is 8.00. The third kappa shape index (κ3) is 5.07. The van der Waals surface area contributed by atoms with E-state index in [1.807, 2.05) is 0 Å². The summed E-state index contributed by atoms with van der Waals surface area (Å²) in [5, 5.41) is 2.43. The lowest BCUT2D eigenvalue weighted by molar-refractivity contribution is -0.137. The quantitative estimate of drug-likeness (QED) is 0.615. The molecule has 23 heavy (non-hydrogen) atoms. The standard InChI is InChI=1S/C15H12ClF3N2OS/c16-12-6-1-9(15(17,18)19)7-13(12)21-14(22)8-23-11-4-2-10(20)3-5-11/h1-7H,8,20H2,(H,21,22). The van der Waals surface area contributed by atoms with Crippen molar-refractivity contribution in [3.63, 3.8) is 0 Å². The lowest BCUT2D eigenvalue weighted by Gasteiger charge is -2.11. The zero-order valence-corrected chi connectivity index (χ0v) is 13.2. The van der Waals surface area contributed by atoms with Gasteiger partial charge in [-0.1, -0.05) is 11.6 Å². The Kier molecular flexibility index (Phi) is 5.43. The second-order valence-corrected chi connectivity index (χ2v) is 6.05. The molecule has 0 aromatic heterocycles. The van der Waals surface area contributed by atoms with Crippen molar-refractivity contribution >= 4 is 40.6 Å². The Hall–Kier alpha value is -1.86. The third-order valence-electron chi connectivity index (χ3n) is 2.82. The van der Waals surface area contributed by atoms with Gasteiger partial charge in [0, 0.05) is 10.6 Å². The van der Waals surface area contributed by atoms with E-state index in [1.54, 1.807) is 24.3 Å². The second kappa shape index (κ2) is 7.14. The van der Waals surface area contributed by atoms with Crippen molar-refractivity contribution in [1.82, 2.24) is 0 Å². The van der Waals surface area contributed by atoms with Gasteiger partial charge in [-0.05, 0) is 42.5 Å². The minimum Gasteiger partial charge on any atom is -0.399 e. The van der Waals surface area contributed by atoms with E-state index in [0.29, 0.717) is 5.69 Å². The fourth-order valence-electron chi connectivity index (χ4n) is 1.70. The molecule has 2 aromatic carbocycles. The molecule has 0 aliphatic heterocycles. The monoisotopic (exact) mass is 360 g/mol. The van der Waals surface area contributed by atoms with Crippen molar-refractivity contribution in [2.24, 2.45) is 0 Å². The number of nitrogens with one attached hydrogen (secondary N) is 1. The maximum absolute atomic E-state index is 12.7. The number of carbonyl (C=O) groups is 1. The van der Waals surface area contributed by atoms with Gasteiger partial charge in [0.25, 0.3) is 0 Å². The van der Waals surface area contributed by atoms with Crippen LogP contribution in [0, 0.1) is 0 Å². The van der Waals surface area contributed by atoms with E-state index in [4.69, 9.17) is 17.3 Å². The molecule has 0 saturated carbocycles. The fourth-order valence-corrected chi connectivity index (χ4v) is 2.56. The predicted octanol–water partition coefficient (Wildman–Crippen LogP) is 4.67. The van der Waals surface area contributed by atoms with E-state index in [-0.39, 0.29) is 16.5 Å². The lowest BCUT2D eigenvalue weighted by Crippen LogP contribution is -2.15. The van der Waals surface area contributed by atoms with Crippen molar-refractivity contribution in [2.45, 2.75) is 11.1 Å². The van der Waals surface area contributed by atoms with Crippen LogP contribution < -0.4 is 11.1 Å². The van der Waals surface area contributed by atoms with Gasteiger partial charge in [-0.3, -0.25) is 4.79 Å². The Morgan fingerprint density at radius 2 is 1.83 bits per heavy atom. The van der Waals surface area contributed by atoms with E-state index < -0.39 is 17.6 Å². The van der Waals surface area contributed by atoms with Crippen LogP contribution in [0.3, 0.4) is 0 Å². The number of alkyl halides is 3. The molecule has 122 valence electrons. The van der Waals surface area contributed by atoms with Gasteiger partial charge in [0.15, 0.2) is 0 Å². The van der Waals surface area contributed by atoms with Crippen molar-refractivity contribution in [2.75, 3.05) is 16.8 Å². The highest BCUT2D eigenvalue weighted by Crippen LogP contribution is 2.34. The van der Waals surface area contributed by atoms with Crippen LogP contribution in [-0.2, 0) is 11.0 Å². The number of rotatable bonds is 4. The van der Waals surface area contributed by atoms with E-state index in [2.05, 4.69) is 5.32 Å². The summed E-state index contributed by atoms with van der Waals surface area (Å²) < 4.78 is 38.0. The minimum atomic E-state index is -4.50. The number of amides is 1. The summed E-state index contributed by atoms with van der Waals surface area (Å²) in [6.45, 7) is 0. The molecule has 0 bridgehead atoms. The van der Waals surface area contributed by atoms with Crippen LogP contribution in [0.5, 0.6) is 0 Å². The molecule has 0 spiro atoms. The van der Waals surface area contributed by atoms with Gasteiger partial charge in [0.1, 0.15) is 0 Å². The van der Waals surface area contributed by atoms with Crippen molar-refractivity contribution in [3.05, 3.63) is 53.1 Å². The first kappa shape index (κ1) is 17.5. The van der Waals surface area contributed by atoms with Gasteiger partial charge in [-0.15, -0.1) is 11.8 Å². The molecule has 3 nitrogen and oxygen atoms in total. The first-order valence-corrected chi connectivity index (χ1v) is 7.77. The average Bonchev–Trinajstić information content (AvgIpc) is 2.48. The summed E-state index contributed by atoms with van der Waals surface area (Å²) in [5.74, 6) is -0.413. The molecule has 2 aromatic rings. The summed E-state index contributed by atoms with van der Waals surface area (Å²) in [6, 6.07) is 9.69. The lowest BCUT2D eigenvalue weighted by atomic mass is 10.2. The van der Waals surface area contributed by atoms with Crippen LogP contribution in [0.4, 0.5) is 24.5 Å². The van der Waals surface area contributed by atoms with E-state index in [0.717, 1.165) is 23.1 Å². The fraction of sp³-hybridized carbons (Fsp3) is 0.133. The zero-order chi connectivity index (χ0) is 17.0. The summed E-state index contributed by atoms with van der Waals surface area (Å²) in [5.41, 5.74) is 5.22. The van der Waals surface area contributed by atoms with E-state index in [1.165, 1.54) is 11.8 Å². The number of hydrogen-bond donors (Lipinski definition) is 2. The van der Waals surface area contributed by atoms with Gasteiger partial charge in [0.2, 0.25) is 5.91 Å². The molecule has 0 aliphatic rings. The number of anilines is 2. The normalized spacial score (nSPS) is 11.3. The first-order valence-electron chi connectivity index (χ1n) is 6.40. The smallest absolute Gasteiger partial charge is 0.399 e. The maximum atomic E-state index is 12.7. The number of carbonyl (C=O) groups excluding carboxylic acids is 1. The van der Waals surface area contributed by atoms with Gasteiger partial charge < -0.3 is 11.1 Å². The van der Waals surface area contributed by atoms with Crippen LogP contribution in [0.25, 0.3) is 0 Å². The zero-order valence-electron chi connectivity index (χ0n) is 11.7. The molecule has 0 saturated heterocycles. The van der Waals surface area contributed by atoms with Crippen molar-refractivity contribution < 1.29 is 18.0 Å². The molecule has 0 atom stereocenters. The molecular weight excluding hydrogens is 349 g/mol. The van der Waals surface area contributed by atoms with E-state index >= 15 is 0 Å². The molecule has 8 heteroatoms. The Morgan fingerprint density at radius 3 is 2.43 bits per heavy atom. The number of thioether (sulfide) groups is 1. The van der Waals surface area contributed by atoms with Crippen LogP contribution in [-0.4, -0.2) is 11.7 Å². The molecule has 3 N–H and O–H groups in total. The average molecular weight is 361 g/mol. The van der Waals surface area contributed by atoms with Crippen LogP contribution >= 0.6 is 23.4 Å². The molecule has 2 rings (SSSR count). The Morgan fingerprint density at radius 1 is 1.17 bits per heavy atom. The minimum absolute atomic E-state index is 0.0382. The van der Waals surface area contributed by atoms with Gasteiger partial charge in [-0.25, -0.2) is 0 Å². The summed E-state index contributed by atoms with van der Waals surface area (Å²) in [7, 11) is 0. The molecule has 0 aliphatic carbocycles. The SMILES string of the molecule is Nc1ccc(SCC(=O)Nc2cc(C(F)(F)F)ccc2Cl)cc1. The van der Waals surface area contributed by atoms with Crippen LogP contribution in [0.15, 0.2) is 47.4 Å². The third-order valence-corrected chi connectivity index (χ3v) is 4.16. The van der Waals surface area contributed by atoms with Gasteiger partial charge >= 0.3 is 6.18 Å². The highest BCUT2D eigenvalue weighted by Gasteiger charge is 2.31. The number of nitrogens with two attached hydrogens (primary N) is 1. The van der Waals surface area contributed by atoms with Crippen LogP contribution in [0.1, 0.15) is 5.56 Å². The summed E-state index contributed by atoms with van der Waals surface area (Å²) in [4.78, 5) is 12.7.